The van der Waals surface area contributed by atoms with Crippen molar-refractivity contribution in [1.82, 2.24) is 0 Å². The summed E-state index contributed by atoms with van der Waals surface area (Å²) < 4.78 is 1.18. The minimum absolute atomic E-state index is 0.365. The van der Waals surface area contributed by atoms with Gasteiger partial charge >= 0.3 is 0 Å². The second-order valence-electron chi connectivity index (χ2n) is 4.61. The van der Waals surface area contributed by atoms with Crippen molar-refractivity contribution >= 4 is 21.6 Å². The zero-order chi connectivity index (χ0) is 10.4. The fraction of sp³-hybridized carbons (Fsp3) is 0.500. The van der Waals surface area contributed by atoms with Crippen LogP contribution in [0.25, 0.3) is 0 Å². The summed E-state index contributed by atoms with van der Waals surface area (Å²) in [5.74, 6) is 0. The molecule has 0 radical (unpaired) electrons. The molecule has 2 aliphatic rings. The second-order valence-corrected chi connectivity index (χ2v) is 5.53. The molecule has 0 saturated carbocycles. The first-order valence-corrected chi connectivity index (χ1v) is 6.34. The van der Waals surface area contributed by atoms with Crippen molar-refractivity contribution in [2.45, 2.75) is 31.3 Å². The Labute approximate surface area is 98.6 Å². The number of nitrogens with zero attached hydrogens (tertiary/aromatic N) is 1. The van der Waals surface area contributed by atoms with Gasteiger partial charge in [-0.2, -0.15) is 0 Å². The highest BCUT2D eigenvalue weighted by atomic mass is 79.9. The fourth-order valence-electron chi connectivity index (χ4n) is 2.88. The zero-order valence-corrected chi connectivity index (χ0v) is 10.2. The Morgan fingerprint density at radius 2 is 2.27 bits per heavy atom. The van der Waals surface area contributed by atoms with Crippen LogP contribution in [0, 0.1) is 0 Å². The highest BCUT2D eigenvalue weighted by Gasteiger charge is 2.33. The third kappa shape index (κ3) is 1.58. The Balaban J connectivity index is 2.01. The van der Waals surface area contributed by atoms with Crippen LogP contribution in [0.5, 0.6) is 0 Å². The van der Waals surface area contributed by atoms with Crippen LogP contribution in [0.1, 0.15) is 18.4 Å². The maximum Gasteiger partial charge on any atom is 0.0402 e. The molecule has 2 unspecified atom stereocenters. The summed E-state index contributed by atoms with van der Waals surface area (Å²) >= 11 is 3.53. The van der Waals surface area contributed by atoms with Gasteiger partial charge in [0.05, 0.1) is 0 Å². The molecule has 1 aromatic rings. The van der Waals surface area contributed by atoms with Crippen molar-refractivity contribution < 1.29 is 0 Å². The standard InChI is InChI=1S/C12H15BrN2/c13-9-2-4-12-8(5-9)1-3-11-6-10(14)7-15(11)12/h2,4-5,10-11H,1,3,6-7,14H2. The van der Waals surface area contributed by atoms with E-state index >= 15 is 0 Å². The van der Waals surface area contributed by atoms with Gasteiger partial charge in [0, 0.05) is 28.8 Å². The topological polar surface area (TPSA) is 29.3 Å². The van der Waals surface area contributed by atoms with Gasteiger partial charge in [-0.25, -0.2) is 0 Å². The molecule has 2 atom stereocenters. The van der Waals surface area contributed by atoms with E-state index in [1.54, 1.807) is 0 Å². The molecule has 1 aromatic carbocycles. The predicted molar refractivity (Wildman–Crippen MR) is 66.2 cm³/mol. The van der Waals surface area contributed by atoms with Crippen LogP contribution in [0.3, 0.4) is 0 Å². The van der Waals surface area contributed by atoms with Crippen LogP contribution in [0.15, 0.2) is 22.7 Å². The monoisotopic (exact) mass is 266 g/mol. The first-order valence-electron chi connectivity index (χ1n) is 5.54. The van der Waals surface area contributed by atoms with Crippen LogP contribution in [0.2, 0.25) is 0 Å². The molecule has 0 aromatic heterocycles. The van der Waals surface area contributed by atoms with Gasteiger partial charge in [0.1, 0.15) is 0 Å². The first-order chi connectivity index (χ1) is 7.24. The number of hydrogen-bond acceptors (Lipinski definition) is 2. The third-order valence-corrected chi connectivity index (χ3v) is 4.04. The Bertz CT molecular complexity index is 391. The summed E-state index contributed by atoms with van der Waals surface area (Å²) in [5.41, 5.74) is 8.90. The number of nitrogens with two attached hydrogens (primary N) is 1. The summed E-state index contributed by atoms with van der Waals surface area (Å²) in [6.07, 6.45) is 3.62. The SMILES string of the molecule is NC1CC2CCc3cc(Br)ccc3N2C1. The van der Waals surface area contributed by atoms with Crippen molar-refractivity contribution in [3.8, 4) is 0 Å². The molecule has 0 amide bonds. The number of aryl methyl sites for hydroxylation is 1. The molecule has 0 bridgehead atoms. The van der Waals surface area contributed by atoms with Crippen LogP contribution >= 0.6 is 15.9 Å². The van der Waals surface area contributed by atoms with Gasteiger partial charge in [0.2, 0.25) is 0 Å². The molecule has 1 saturated heterocycles. The molecule has 0 aliphatic carbocycles. The Morgan fingerprint density at radius 1 is 1.40 bits per heavy atom. The molecule has 0 spiro atoms. The quantitative estimate of drug-likeness (QED) is 0.781. The number of halogens is 1. The second kappa shape index (κ2) is 3.49. The smallest absolute Gasteiger partial charge is 0.0402 e. The Morgan fingerprint density at radius 3 is 3.13 bits per heavy atom. The highest BCUT2D eigenvalue weighted by molar-refractivity contribution is 9.10. The van der Waals surface area contributed by atoms with Gasteiger partial charge in [-0.3, -0.25) is 0 Å². The number of hydrogen-bond donors (Lipinski definition) is 1. The summed E-state index contributed by atoms with van der Waals surface area (Å²) in [7, 11) is 0. The minimum atomic E-state index is 0.365. The van der Waals surface area contributed by atoms with Crippen molar-refractivity contribution in [2.75, 3.05) is 11.4 Å². The molecule has 3 heteroatoms. The van der Waals surface area contributed by atoms with Gasteiger partial charge in [-0.05, 0) is 43.0 Å². The molecule has 15 heavy (non-hydrogen) atoms. The molecular formula is C12H15BrN2. The van der Waals surface area contributed by atoms with E-state index in [2.05, 4.69) is 39.0 Å². The summed E-state index contributed by atoms with van der Waals surface area (Å²) in [6, 6.07) is 7.66. The maximum atomic E-state index is 6.03. The number of anilines is 1. The fourth-order valence-corrected chi connectivity index (χ4v) is 3.29. The van der Waals surface area contributed by atoms with E-state index < -0.39 is 0 Å². The molecule has 2 N–H and O–H groups in total. The van der Waals surface area contributed by atoms with Gasteiger partial charge < -0.3 is 10.6 Å². The summed E-state index contributed by atoms with van der Waals surface area (Å²) in [4.78, 5) is 2.50. The average Bonchev–Trinajstić information content (AvgIpc) is 2.58. The average molecular weight is 267 g/mol. The van der Waals surface area contributed by atoms with Gasteiger partial charge in [0.15, 0.2) is 0 Å². The summed E-state index contributed by atoms with van der Waals surface area (Å²) in [5, 5.41) is 0. The Kier molecular flexibility index (Phi) is 2.25. The molecule has 80 valence electrons. The molecule has 2 aliphatic heterocycles. The number of rotatable bonds is 0. The minimum Gasteiger partial charge on any atom is -0.367 e. The lowest BCUT2D eigenvalue weighted by Gasteiger charge is -2.33. The van der Waals surface area contributed by atoms with Crippen LogP contribution in [-0.2, 0) is 6.42 Å². The van der Waals surface area contributed by atoms with Crippen LogP contribution in [-0.4, -0.2) is 18.6 Å². The van der Waals surface area contributed by atoms with E-state index in [4.69, 9.17) is 5.73 Å². The predicted octanol–water partition coefficient (Wildman–Crippen LogP) is 2.30. The molecule has 1 fully saturated rings. The summed E-state index contributed by atoms with van der Waals surface area (Å²) in [6.45, 7) is 1.03. The van der Waals surface area contributed by atoms with E-state index in [1.165, 1.54) is 28.6 Å². The van der Waals surface area contributed by atoms with Crippen molar-refractivity contribution in [1.29, 1.82) is 0 Å². The molecule has 3 rings (SSSR count). The van der Waals surface area contributed by atoms with Crippen molar-refractivity contribution in [2.24, 2.45) is 5.73 Å². The largest absolute Gasteiger partial charge is 0.367 e. The van der Waals surface area contributed by atoms with E-state index in [1.807, 2.05) is 0 Å². The lowest BCUT2D eigenvalue weighted by Crippen LogP contribution is -2.34. The lowest BCUT2D eigenvalue weighted by molar-refractivity contribution is 0.575. The van der Waals surface area contributed by atoms with Crippen LogP contribution < -0.4 is 10.6 Å². The van der Waals surface area contributed by atoms with E-state index in [-0.39, 0.29) is 0 Å². The van der Waals surface area contributed by atoms with E-state index in [0.29, 0.717) is 12.1 Å². The van der Waals surface area contributed by atoms with E-state index in [0.717, 1.165) is 13.0 Å². The van der Waals surface area contributed by atoms with Gasteiger partial charge in [-0.15, -0.1) is 0 Å². The lowest BCUT2D eigenvalue weighted by atomic mass is 9.96. The normalized spacial score (nSPS) is 28.8. The number of benzene rings is 1. The van der Waals surface area contributed by atoms with Gasteiger partial charge in [-0.1, -0.05) is 15.9 Å². The Hall–Kier alpha value is -0.540. The van der Waals surface area contributed by atoms with Crippen molar-refractivity contribution in [3.05, 3.63) is 28.2 Å². The van der Waals surface area contributed by atoms with Crippen LogP contribution in [0.4, 0.5) is 5.69 Å². The highest BCUT2D eigenvalue weighted by Crippen LogP contribution is 2.36. The molecular weight excluding hydrogens is 252 g/mol. The maximum absolute atomic E-state index is 6.03. The van der Waals surface area contributed by atoms with Gasteiger partial charge in [0.25, 0.3) is 0 Å². The zero-order valence-electron chi connectivity index (χ0n) is 8.62. The third-order valence-electron chi connectivity index (χ3n) is 3.54. The van der Waals surface area contributed by atoms with Crippen molar-refractivity contribution in [3.63, 3.8) is 0 Å². The molecule has 2 nitrogen and oxygen atoms in total. The first kappa shape index (κ1) is 9.67. The number of fused-ring (bicyclic) bond motifs is 3. The molecule has 2 heterocycles. The van der Waals surface area contributed by atoms with E-state index in [9.17, 15) is 0 Å².